The van der Waals surface area contributed by atoms with Crippen LogP contribution in [-0.2, 0) is 14.3 Å². The van der Waals surface area contributed by atoms with Gasteiger partial charge in [-0.3, -0.25) is 9.59 Å². The highest BCUT2D eigenvalue weighted by Crippen LogP contribution is 2.39. The predicted molar refractivity (Wildman–Crippen MR) is 119 cm³/mol. The van der Waals surface area contributed by atoms with Crippen LogP contribution >= 0.6 is 0 Å². The van der Waals surface area contributed by atoms with Crippen LogP contribution in [-0.4, -0.2) is 79.0 Å². The molecular formula is C23H22O13. The molecule has 7 N–H and O–H groups in total. The molecule has 3 aromatic rings. The first-order chi connectivity index (χ1) is 17.0. The van der Waals surface area contributed by atoms with Crippen molar-refractivity contribution in [1.82, 2.24) is 0 Å². The lowest BCUT2D eigenvalue weighted by molar-refractivity contribution is -0.278. The molecule has 4 rings (SSSR count). The van der Waals surface area contributed by atoms with E-state index in [2.05, 4.69) is 0 Å². The number of carbonyl (C=O) groups excluding carboxylic acids is 1. The van der Waals surface area contributed by atoms with Gasteiger partial charge in [0.25, 0.3) is 0 Å². The fraction of sp³-hybridized carbons (Fsp3) is 0.304. The number of fused-ring (bicyclic) bond motifs is 1. The third-order valence-corrected chi connectivity index (χ3v) is 5.51. The summed E-state index contributed by atoms with van der Waals surface area (Å²) in [5.41, 5.74) is -1.24. The van der Waals surface area contributed by atoms with Gasteiger partial charge >= 0.3 is 5.97 Å². The zero-order valence-electron chi connectivity index (χ0n) is 18.6. The van der Waals surface area contributed by atoms with Crippen molar-refractivity contribution >= 4 is 16.9 Å². The number of aliphatic hydroxyl groups excluding tert-OH is 3. The van der Waals surface area contributed by atoms with E-state index < -0.39 is 82.8 Å². The number of benzene rings is 2. The minimum atomic E-state index is -1.89. The van der Waals surface area contributed by atoms with E-state index in [1.807, 2.05) is 0 Å². The Labute approximate surface area is 201 Å². The van der Waals surface area contributed by atoms with Crippen molar-refractivity contribution in [1.29, 1.82) is 0 Å². The number of aromatic hydroxyl groups is 4. The Morgan fingerprint density at radius 3 is 2.33 bits per heavy atom. The minimum absolute atomic E-state index is 0.00415. The molecule has 1 aromatic heterocycles. The van der Waals surface area contributed by atoms with E-state index in [-0.39, 0.29) is 16.9 Å². The molecule has 0 unspecified atom stereocenters. The molecule has 0 amide bonds. The molecule has 2 aromatic carbocycles. The number of hydrogen-bond acceptors (Lipinski definition) is 13. The SMILES string of the molecule is CC(=O)OC[C@H]1O[C@@H](Oc2c(-c3ccc(O)c(O)c3)oc3cc(O)cc(O)c3c2=O)[C@H](O)[C@@H](O)[C@@H]1O. The van der Waals surface area contributed by atoms with E-state index in [0.29, 0.717) is 0 Å². The summed E-state index contributed by atoms with van der Waals surface area (Å²) >= 11 is 0. The normalized spacial score (nSPS) is 23.9. The van der Waals surface area contributed by atoms with Gasteiger partial charge in [-0.15, -0.1) is 0 Å². The molecule has 1 saturated heterocycles. The zero-order chi connectivity index (χ0) is 26.3. The van der Waals surface area contributed by atoms with E-state index >= 15 is 0 Å². The van der Waals surface area contributed by atoms with Crippen molar-refractivity contribution in [2.45, 2.75) is 37.6 Å². The van der Waals surface area contributed by atoms with Crippen molar-refractivity contribution in [3.63, 3.8) is 0 Å². The number of ether oxygens (including phenoxy) is 3. The van der Waals surface area contributed by atoms with Crippen LogP contribution in [0.4, 0.5) is 0 Å². The molecule has 1 fully saturated rings. The Morgan fingerprint density at radius 1 is 0.944 bits per heavy atom. The van der Waals surface area contributed by atoms with Gasteiger partial charge in [0.15, 0.2) is 17.3 Å². The molecular weight excluding hydrogens is 484 g/mol. The van der Waals surface area contributed by atoms with Gasteiger partial charge in [-0.25, -0.2) is 0 Å². The number of hydrogen-bond donors (Lipinski definition) is 7. The molecule has 5 atom stereocenters. The number of phenols is 4. The molecule has 192 valence electrons. The topological polar surface area (TPSA) is 217 Å². The van der Waals surface area contributed by atoms with E-state index in [1.54, 1.807) is 0 Å². The van der Waals surface area contributed by atoms with E-state index in [0.717, 1.165) is 31.2 Å². The van der Waals surface area contributed by atoms with E-state index in [1.165, 1.54) is 6.07 Å². The van der Waals surface area contributed by atoms with Crippen molar-refractivity contribution in [3.8, 4) is 40.1 Å². The highest BCUT2D eigenvalue weighted by atomic mass is 16.7. The number of carbonyl (C=O) groups is 1. The average Bonchev–Trinajstić information content (AvgIpc) is 2.81. The van der Waals surface area contributed by atoms with E-state index in [9.17, 15) is 45.3 Å². The summed E-state index contributed by atoms with van der Waals surface area (Å²) < 4.78 is 21.5. The molecule has 1 aliphatic heterocycles. The van der Waals surface area contributed by atoms with Gasteiger partial charge in [0.2, 0.25) is 17.5 Å². The Morgan fingerprint density at radius 2 is 1.67 bits per heavy atom. The van der Waals surface area contributed by atoms with Gasteiger partial charge < -0.3 is 54.4 Å². The zero-order valence-corrected chi connectivity index (χ0v) is 18.6. The predicted octanol–water partition coefficient (Wildman–Crippen LogP) is 0.0319. The summed E-state index contributed by atoms with van der Waals surface area (Å²) in [6.07, 6.45) is -8.54. The standard InChI is InChI=1S/C23H22O13/c1-8(24)33-7-15-17(29)19(31)20(32)23(35-15)36-22-18(30)16-13(28)5-10(25)6-14(16)34-21(22)9-2-3-11(26)12(27)4-9/h2-6,15,17,19-20,23,25-29,31-32H,7H2,1H3/t15-,17-,19+,20-,23+/m1/s1. The first kappa shape index (κ1) is 25.1. The first-order valence-electron chi connectivity index (χ1n) is 10.5. The fourth-order valence-electron chi connectivity index (χ4n) is 3.70. The number of aliphatic hydroxyl groups is 3. The second-order valence-electron chi connectivity index (χ2n) is 8.07. The Balaban J connectivity index is 1.84. The second kappa shape index (κ2) is 9.54. The van der Waals surface area contributed by atoms with Crippen molar-refractivity contribution in [2.24, 2.45) is 0 Å². The minimum Gasteiger partial charge on any atom is -0.508 e. The average molecular weight is 506 g/mol. The quantitative estimate of drug-likeness (QED) is 0.180. The lowest BCUT2D eigenvalue weighted by atomic mass is 9.99. The Bertz CT molecular complexity index is 1360. The van der Waals surface area contributed by atoms with Gasteiger partial charge in [-0.1, -0.05) is 0 Å². The smallest absolute Gasteiger partial charge is 0.302 e. The summed E-state index contributed by atoms with van der Waals surface area (Å²) in [5, 5.41) is 70.1. The summed E-state index contributed by atoms with van der Waals surface area (Å²) in [4.78, 5) is 24.5. The molecule has 0 bridgehead atoms. The second-order valence-corrected chi connectivity index (χ2v) is 8.07. The largest absolute Gasteiger partial charge is 0.508 e. The third-order valence-electron chi connectivity index (χ3n) is 5.51. The summed E-state index contributed by atoms with van der Waals surface area (Å²) in [6.45, 7) is 0.601. The Hall–Kier alpha value is -4.04. The van der Waals surface area contributed by atoms with Gasteiger partial charge in [0.1, 0.15) is 53.5 Å². The first-order valence-corrected chi connectivity index (χ1v) is 10.5. The maximum atomic E-state index is 13.4. The van der Waals surface area contributed by atoms with Gasteiger partial charge in [0.05, 0.1) is 0 Å². The van der Waals surface area contributed by atoms with Crippen LogP contribution in [0.1, 0.15) is 6.92 Å². The molecule has 13 nitrogen and oxygen atoms in total. The van der Waals surface area contributed by atoms with Crippen molar-refractivity contribution in [2.75, 3.05) is 6.61 Å². The molecule has 1 aliphatic rings. The van der Waals surface area contributed by atoms with Crippen LogP contribution in [0.15, 0.2) is 39.5 Å². The van der Waals surface area contributed by atoms with Crippen LogP contribution in [0, 0.1) is 0 Å². The van der Waals surface area contributed by atoms with Crippen LogP contribution in [0.5, 0.6) is 28.7 Å². The fourth-order valence-corrected chi connectivity index (χ4v) is 3.70. The Kier molecular flexibility index (Phi) is 6.65. The highest BCUT2D eigenvalue weighted by Gasteiger charge is 2.46. The number of esters is 1. The maximum Gasteiger partial charge on any atom is 0.302 e. The van der Waals surface area contributed by atoms with Crippen LogP contribution in [0.25, 0.3) is 22.3 Å². The molecule has 0 radical (unpaired) electrons. The summed E-state index contributed by atoms with van der Waals surface area (Å²) in [7, 11) is 0. The summed E-state index contributed by atoms with van der Waals surface area (Å²) in [6, 6.07) is 5.32. The molecule has 13 heteroatoms. The molecule has 2 heterocycles. The number of rotatable bonds is 5. The maximum absolute atomic E-state index is 13.4. The van der Waals surface area contributed by atoms with Gasteiger partial charge in [-0.2, -0.15) is 0 Å². The molecule has 0 saturated carbocycles. The monoisotopic (exact) mass is 506 g/mol. The lowest BCUT2D eigenvalue weighted by Crippen LogP contribution is -2.60. The molecule has 0 spiro atoms. The number of phenolic OH excluding ortho intramolecular Hbond substituents is 4. The van der Waals surface area contributed by atoms with Crippen LogP contribution in [0.2, 0.25) is 0 Å². The van der Waals surface area contributed by atoms with Crippen molar-refractivity contribution < 1.29 is 59.2 Å². The van der Waals surface area contributed by atoms with Gasteiger partial charge in [0, 0.05) is 24.6 Å². The van der Waals surface area contributed by atoms with Gasteiger partial charge in [-0.05, 0) is 18.2 Å². The third kappa shape index (κ3) is 4.59. The van der Waals surface area contributed by atoms with Crippen molar-refractivity contribution in [3.05, 3.63) is 40.6 Å². The van der Waals surface area contributed by atoms with E-state index in [4.69, 9.17) is 18.6 Å². The molecule has 0 aliphatic carbocycles. The summed E-state index contributed by atoms with van der Waals surface area (Å²) in [5.74, 6) is -3.84. The van der Waals surface area contributed by atoms with Crippen LogP contribution in [0.3, 0.4) is 0 Å². The lowest BCUT2D eigenvalue weighted by Gasteiger charge is -2.39. The molecule has 36 heavy (non-hydrogen) atoms. The highest BCUT2D eigenvalue weighted by molar-refractivity contribution is 5.88. The van der Waals surface area contributed by atoms with Crippen LogP contribution < -0.4 is 10.2 Å².